The Balaban J connectivity index is 2.16. The molecule has 0 radical (unpaired) electrons. The highest BCUT2D eigenvalue weighted by Crippen LogP contribution is 2.09. The van der Waals surface area contributed by atoms with Crippen LogP contribution in [0.3, 0.4) is 0 Å². The van der Waals surface area contributed by atoms with Crippen LogP contribution in [-0.2, 0) is 4.79 Å². The molecule has 1 aliphatic rings. The maximum absolute atomic E-state index is 11.6. The highest BCUT2D eigenvalue weighted by Gasteiger charge is 2.18. The molecule has 0 aromatic heterocycles. The van der Waals surface area contributed by atoms with E-state index in [0.717, 1.165) is 19.4 Å². The average Bonchev–Trinajstić information content (AvgIpc) is 2.53. The van der Waals surface area contributed by atoms with E-state index in [1.54, 1.807) is 0 Å². The molecular formula is C12H24N2O. The van der Waals surface area contributed by atoms with Gasteiger partial charge in [-0.05, 0) is 38.6 Å². The smallest absolute Gasteiger partial charge is 0.221 e. The third kappa shape index (κ3) is 5.17. The molecule has 1 fully saturated rings. The molecule has 0 aliphatic carbocycles. The van der Waals surface area contributed by atoms with Gasteiger partial charge in [-0.3, -0.25) is 4.79 Å². The molecule has 1 amide bonds. The number of nitrogens with one attached hydrogen (secondary N) is 2. The van der Waals surface area contributed by atoms with Crippen LogP contribution in [-0.4, -0.2) is 24.5 Å². The van der Waals surface area contributed by atoms with E-state index in [2.05, 4.69) is 31.4 Å². The van der Waals surface area contributed by atoms with Crippen LogP contribution in [0.25, 0.3) is 0 Å². The fourth-order valence-electron chi connectivity index (χ4n) is 2.25. The van der Waals surface area contributed by atoms with E-state index < -0.39 is 0 Å². The SMILES string of the molecule is CC(C)CC(C)NC(=O)CC1CCCN1. The second-order valence-electron chi connectivity index (χ2n) is 5.10. The average molecular weight is 212 g/mol. The summed E-state index contributed by atoms with van der Waals surface area (Å²) in [5.41, 5.74) is 0. The molecule has 15 heavy (non-hydrogen) atoms. The van der Waals surface area contributed by atoms with E-state index in [4.69, 9.17) is 0 Å². The van der Waals surface area contributed by atoms with Crippen LogP contribution in [0.2, 0.25) is 0 Å². The maximum Gasteiger partial charge on any atom is 0.221 e. The van der Waals surface area contributed by atoms with E-state index in [9.17, 15) is 4.79 Å². The zero-order valence-corrected chi connectivity index (χ0v) is 10.2. The van der Waals surface area contributed by atoms with Crippen molar-refractivity contribution < 1.29 is 4.79 Å². The van der Waals surface area contributed by atoms with E-state index in [-0.39, 0.29) is 5.91 Å². The predicted molar refractivity (Wildman–Crippen MR) is 62.7 cm³/mol. The van der Waals surface area contributed by atoms with E-state index >= 15 is 0 Å². The van der Waals surface area contributed by atoms with E-state index in [1.165, 1.54) is 6.42 Å². The fourth-order valence-corrected chi connectivity index (χ4v) is 2.25. The molecular weight excluding hydrogens is 188 g/mol. The van der Waals surface area contributed by atoms with Crippen LogP contribution in [0.15, 0.2) is 0 Å². The van der Waals surface area contributed by atoms with Gasteiger partial charge in [0, 0.05) is 18.5 Å². The van der Waals surface area contributed by atoms with Gasteiger partial charge in [0.15, 0.2) is 0 Å². The second-order valence-corrected chi connectivity index (χ2v) is 5.10. The van der Waals surface area contributed by atoms with Crippen LogP contribution in [0, 0.1) is 5.92 Å². The minimum Gasteiger partial charge on any atom is -0.354 e. The number of carbonyl (C=O) groups is 1. The Morgan fingerprint density at radius 2 is 2.20 bits per heavy atom. The van der Waals surface area contributed by atoms with Gasteiger partial charge in [0.2, 0.25) is 5.91 Å². The van der Waals surface area contributed by atoms with Gasteiger partial charge >= 0.3 is 0 Å². The van der Waals surface area contributed by atoms with Gasteiger partial charge in [-0.1, -0.05) is 13.8 Å². The fraction of sp³-hybridized carbons (Fsp3) is 0.917. The minimum atomic E-state index is 0.197. The lowest BCUT2D eigenvalue weighted by atomic mass is 10.0. The third-order valence-electron chi connectivity index (χ3n) is 2.83. The van der Waals surface area contributed by atoms with Crippen molar-refractivity contribution in [2.45, 2.75) is 58.5 Å². The van der Waals surface area contributed by atoms with Gasteiger partial charge in [0.25, 0.3) is 0 Å². The molecule has 1 saturated heterocycles. The van der Waals surface area contributed by atoms with Crippen molar-refractivity contribution in [2.75, 3.05) is 6.54 Å². The number of hydrogen-bond donors (Lipinski definition) is 2. The molecule has 0 saturated carbocycles. The molecule has 0 aromatic rings. The predicted octanol–water partition coefficient (Wildman–Crippen LogP) is 1.68. The molecule has 2 atom stereocenters. The van der Waals surface area contributed by atoms with Gasteiger partial charge in [0.1, 0.15) is 0 Å². The summed E-state index contributed by atoms with van der Waals surface area (Å²) in [6, 6.07) is 0.718. The van der Waals surface area contributed by atoms with Crippen LogP contribution in [0.1, 0.15) is 46.5 Å². The summed E-state index contributed by atoms with van der Waals surface area (Å²) >= 11 is 0. The molecule has 2 N–H and O–H groups in total. The summed E-state index contributed by atoms with van der Waals surface area (Å²) in [4.78, 5) is 11.6. The quantitative estimate of drug-likeness (QED) is 0.728. The first kappa shape index (κ1) is 12.5. The van der Waals surface area contributed by atoms with Crippen LogP contribution in [0.5, 0.6) is 0 Å². The Labute approximate surface area is 93.0 Å². The summed E-state index contributed by atoms with van der Waals surface area (Å²) in [7, 11) is 0. The molecule has 0 spiro atoms. The summed E-state index contributed by atoms with van der Waals surface area (Å²) in [6.07, 6.45) is 4.05. The monoisotopic (exact) mass is 212 g/mol. The molecule has 0 bridgehead atoms. The Morgan fingerprint density at radius 3 is 2.73 bits per heavy atom. The van der Waals surface area contributed by atoms with Crippen molar-refractivity contribution in [2.24, 2.45) is 5.92 Å². The molecule has 1 rings (SSSR count). The maximum atomic E-state index is 11.6. The minimum absolute atomic E-state index is 0.197. The van der Waals surface area contributed by atoms with Crippen molar-refractivity contribution in [1.29, 1.82) is 0 Å². The number of amides is 1. The van der Waals surface area contributed by atoms with Gasteiger partial charge < -0.3 is 10.6 Å². The molecule has 3 heteroatoms. The Bertz CT molecular complexity index is 198. The number of hydrogen-bond acceptors (Lipinski definition) is 2. The number of rotatable bonds is 5. The Kier molecular flexibility index (Phi) is 5.09. The van der Waals surface area contributed by atoms with Gasteiger partial charge in [0.05, 0.1) is 0 Å². The zero-order valence-electron chi connectivity index (χ0n) is 10.2. The summed E-state index contributed by atoms with van der Waals surface area (Å²) < 4.78 is 0. The van der Waals surface area contributed by atoms with Crippen molar-refractivity contribution in [3.8, 4) is 0 Å². The van der Waals surface area contributed by atoms with Crippen LogP contribution < -0.4 is 10.6 Å². The lowest BCUT2D eigenvalue weighted by molar-refractivity contribution is -0.122. The highest BCUT2D eigenvalue weighted by atomic mass is 16.1. The van der Waals surface area contributed by atoms with Crippen molar-refractivity contribution >= 4 is 5.91 Å². The summed E-state index contributed by atoms with van der Waals surface area (Å²) in [5, 5.41) is 6.40. The van der Waals surface area contributed by atoms with Crippen LogP contribution in [0.4, 0.5) is 0 Å². The van der Waals surface area contributed by atoms with Gasteiger partial charge in [-0.25, -0.2) is 0 Å². The highest BCUT2D eigenvalue weighted by molar-refractivity contribution is 5.76. The standard InChI is InChI=1S/C12H24N2O/c1-9(2)7-10(3)14-12(15)8-11-5-4-6-13-11/h9-11,13H,4-8H2,1-3H3,(H,14,15). The van der Waals surface area contributed by atoms with Crippen molar-refractivity contribution in [3.05, 3.63) is 0 Å². The molecule has 88 valence electrons. The molecule has 2 unspecified atom stereocenters. The third-order valence-corrected chi connectivity index (χ3v) is 2.83. The largest absolute Gasteiger partial charge is 0.354 e. The topological polar surface area (TPSA) is 41.1 Å². The Morgan fingerprint density at radius 1 is 1.47 bits per heavy atom. The molecule has 3 nitrogen and oxygen atoms in total. The molecule has 1 aliphatic heterocycles. The summed E-state index contributed by atoms with van der Waals surface area (Å²) in [6.45, 7) is 7.52. The lowest BCUT2D eigenvalue weighted by Gasteiger charge is -2.17. The van der Waals surface area contributed by atoms with E-state index in [1.807, 2.05) is 0 Å². The first-order valence-corrected chi connectivity index (χ1v) is 6.10. The van der Waals surface area contributed by atoms with Crippen molar-refractivity contribution in [1.82, 2.24) is 10.6 Å². The van der Waals surface area contributed by atoms with Crippen molar-refractivity contribution in [3.63, 3.8) is 0 Å². The zero-order chi connectivity index (χ0) is 11.3. The summed E-state index contributed by atoms with van der Waals surface area (Å²) in [5.74, 6) is 0.840. The second kappa shape index (κ2) is 6.11. The van der Waals surface area contributed by atoms with E-state index in [0.29, 0.717) is 24.4 Å². The van der Waals surface area contributed by atoms with Gasteiger partial charge in [-0.15, -0.1) is 0 Å². The van der Waals surface area contributed by atoms with Crippen LogP contribution >= 0.6 is 0 Å². The Hall–Kier alpha value is -0.570. The molecule has 1 heterocycles. The first-order chi connectivity index (χ1) is 7.08. The van der Waals surface area contributed by atoms with Gasteiger partial charge in [-0.2, -0.15) is 0 Å². The lowest BCUT2D eigenvalue weighted by Crippen LogP contribution is -2.37. The first-order valence-electron chi connectivity index (χ1n) is 6.10. The normalized spacial score (nSPS) is 23.1. The number of carbonyl (C=O) groups excluding carboxylic acids is 1. The molecule has 0 aromatic carbocycles.